The topological polar surface area (TPSA) is 66.5 Å². The lowest BCUT2D eigenvalue weighted by molar-refractivity contribution is -0.173. The number of carbonyl (C=O) groups is 3. The van der Waals surface area contributed by atoms with Gasteiger partial charge in [0.15, 0.2) is 0 Å². The minimum atomic E-state index is -0.937. The average molecular weight is 495 g/mol. The van der Waals surface area contributed by atoms with Crippen molar-refractivity contribution in [2.24, 2.45) is 16.7 Å². The van der Waals surface area contributed by atoms with Crippen molar-refractivity contribution in [3.8, 4) is 0 Å². The van der Waals surface area contributed by atoms with Gasteiger partial charge < -0.3 is 5.32 Å². The molecule has 5 rings (SSSR count). The molecule has 3 unspecified atom stereocenters. The zero-order valence-electron chi connectivity index (χ0n) is 21.7. The second-order valence-corrected chi connectivity index (χ2v) is 11.1. The van der Waals surface area contributed by atoms with Gasteiger partial charge in [0.1, 0.15) is 6.04 Å². The fourth-order valence-corrected chi connectivity index (χ4v) is 6.17. The second kappa shape index (κ2) is 9.62. The molecular formula is C32H34N2O3. The fraction of sp³-hybridized carbons (Fsp3) is 0.344. The maximum absolute atomic E-state index is 14.1. The van der Waals surface area contributed by atoms with Gasteiger partial charge in [0, 0.05) is 12.3 Å². The number of imide groups is 1. The number of benzene rings is 3. The highest BCUT2D eigenvalue weighted by molar-refractivity contribution is 6.07. The largest absolute Gasteiger partial charge is 0.343 e. The van der Waals surface area contributed by atoms with Crippen molar-refractivity contribution in [3.05, 3.63) is 108 Å². The van der Waals surface area contributed by atoms with Crippen LogP contribution in [0.15, 0.2) is 91.0 Å². The Labute approximate surface area is 218 Å². The summed E-state index contributed by atoms with van der Waals surface area (Å²) in [5.74, 6) is -1.06. The molecule has 1 saturated heterocycles. The van der Waals surface area contributed by atoms with Gasteiger partial charge >= 0.3 is 0 Å². The molecule has 3 aromatic carbocycles. The van der Waals surface area contributed by atoms with Gasteiger partial charge in [-0.3, -0.25) is 19.3 Å². The van der Waals surface area contributed by atoms with Crippen LogP contribution in [0.3, 0.4) is 0 Å². The Morgan fingerprint density at radius 1 is 0.865 bits per heavy atom. The Hall–Kier alpha value is -3.73. The lowest BCUT2D eigenvalue weighted by atomic mass is 9.62. The molecule has 0 aromatic heterocycles. The number of rotatable bonds is 7. The predicted molar refractivity (Wildman–Crippen MR) is 143 cm³/mol. The van der Waals surface area contributed by atoms with E-state index in [1.807, 2.05) is 112 Å². The number of nitrogens with one attached hydrogen (secondary N) is 1. The van der Waals surface area contributed by atoms with Crippen molar-refractivity contribution in [1.82, 2.24) is 10.2 Å². The third kappa shape index (κ3) is 4.26. The van der Waals surface area contributed by atoms with Crippen molar-refractivity contribution >= 4 is 17.7 Å². The van der Waals surface area contributed by atoms with E-state index in [0.29, 0.717) is 12.8 Å². The van der Waals surface area contributed by atoms with Gasteiger partial charge in [0.05, 0.1) is 11.5 Å². The monoisotopic (exact) mass is 494 g/mol. The van der Waals surface area contributed by atoms with Crippen molar-refractivity contribution in [1.29, 1.82) is 0 Å². The van der Waals surface area contributed by atoms with Gasteiger partial charge in [-0.05, 0) is 34.9 Å². The van der Waals surface area contributed by atoms with Crippen LogP contribution in [-0.4, -0.2) is 28.7 Å². The molecule has 5 heteroatoms. The lowest BCUT2D eigenvalue weighted by Crippen LogP contribution is -2.64. The quantitative estimate of drug-likeness (QED) is 0.453. The maximum Gasteiger partial charge on any atom is 0.244 e. The Bertz CT molecular complexity index is 1250. The summed E-state index contributed by atoms with van der Waals surface area (Å²) in [5.41, 5.74) is 1.65. The van der Waals surface area contributed by atoms with Crippen LogP contribution >= 0.6 is 0 Å². The first-order valence-electron chi connectivity index (χ1n) is 13.1. The van der Waals surface area contributed by atoms with Gasteiger partial charge in [0.2, 0.25) is 17.7 Å². The van der Waals surface area contributed by atoms with Gasteiger partial charge in [-0.25, -0.2) is 0 Å². The minimum absolute atomic E-state index is 0.225. The molecule has 190 valence electrons. The smallest absolute Gasteiger partial charge is 0.244 e. The first kappa shape index (κ1) is 24.9. The number of nitrogens with zero attached hydrogens (tertiary/aromatic N) is 1. The van der Waals surface area contributed by atoms with Crippen LogP contribution < -0.4 is 5.32 Å². The number of fused-ring (bicyclic) bond motifs is 2. The standard InChI is InChI=1S/C32H34N2O3/c1-31(2)25-19-20-32(31,3)30(37)34(29(25)36)26(21-22-13-7-4-8-14-22)28(35)33-27(23-15-9-5-10-16-23)24-17-11-6-12-18-24/h4-18,25-27H,19-21H2,1-3H3,(H,33,35). The zero-order chi connectivity index (χ0) is 26.2. The van der Waals surface area contributed by atoms with E-state index in [2.05, 4.69) is 5.32 Å². The van der Waals surface area contributed by atoms with Crippen LogP contribution in [0.4, 0.5) is 0 Å². The summed E-state index contributed by atoms with van der Waals surface area (Å²) in [6, 6.07) is 27.8. The number of hydrogen-bond donors (Lipinski definition) is 1. The van der Waals surface area contributed by atoms with Crippen molar-refractivity contribution < 1.29 is 14.4 Å². The Morgan fingerprint density at radius 3 is 1.92 bits per heavy atom. The van der Waals surface area contributed by atoms with E-state index in [9.17, 15) is 14.4 Å². The summed E-state index contributed by atoms with van der Waals surface area (Å²) in [7, 11) is 0. The lowest BCUT2D eigenvalue weighted by Gasteiger charge is -2.49. The van der Waals surface area contributed by atoms with E-state index in [1.165, 1.54) is 4.90 Å². The summed E-state index contributed by atoms with van der Waals surface area (Å²) in [4.78, 5) is 43.3. The van der Waals surface area contributed by atoms with Gasteiger partial charge in [-0.15, -0.1) is 0 Å². The van der Waals surface area contributed by atoms with Crippen molar-refractivity contribution in [2.75, 3.05) is 0 Å². The molecule has 0 spiro atoms. The van der Waals surface area contributed by atoms with Gasteiger partial charge in [-0.1, -0.05) is 112 Å². The molecule has 5 nitrogen and oxygen atoms in total. The van der Waals surface area contributed by atoms with E-state index < -0.39 is 22.9 Å². The zero-order valence-corrected chi connectivity index (χ0v) is 21.7. The first-order valence-corrected chi connectivity index (χ1v) is 13.1. The molecule has 0 radical (unpaired) electrons. The van der Waals surface area contributed by atoms with E-state index in [1.54, 1.807) is 0 Å². The highest BCUT2D eigenvalue weighted by Gasteiger charge is 2.65. The summed E-state index contributed by atoms with van der Waals surface area (Å²) in [5, 5.41) is 3.21. The summed E-state index contributed by atoms with van der Waals surface area (Å²) >= 11 is 0. The summed E-state index contributed by atoms with van der Waals surface area (Å²) < 4.78 is 0. The number of piperidine rings is 1. The molecule has 3 amide bonds. The van der Waals surface area contributed by atoms with E-state index in [-0.39, 0.29) is 30.1 Å². The first-order chi connectivity index (χ1) is 17.7. The molecule has 1 heterocycles. The maximum atomic E-state index is 14.1. The molecule has 2 bridgehead atoms. The number of likely N-dealkylation sites (tertiary alicyclic amines) is 1. The molecule has 3 aromatic rings. The molecule has 1 saturated carbocycles. The normalized spacial score (nSPS) is 23.2. The van der Waals surface area contributed by atoms with Crippen LogP contribution in [0.2, 0.25) is 0 Å². The molecule has 2 aliphatic rings. The summed E-state index contributed by atoms with van der Waals surface area (Å²) in [6.07, 6.45) is 1.59. The molecule has 1 aliphatic heterocycles. The number of amides is 3. The van der Waals surface area contributed by atoms with Crippen LogP contribution in [0.5, 0.6) is 0 Å². The highest BCUT2D eigenvalue weighted by atomic mass is 16.2. The highest BCUT2D eigenvalue weighted by Crippen LogP contribution is 2.60. The molecule has 2 fully saturated rings. The molecule has 3 atom stereocenters. The average Bonchev–Trinajstić information content (AvgIpc) is 3.10. The summed E-state index contributed by atoms with van der Waals surface area (Å²) in [6.45, 7) is 6.00. The van der Waals surface area contributed by atoms with E-state index in [4.69, 9.17) is 0 Å². The van der Waals surface area contributed by atoms with Crippen molar-refractivity contribution in [3.63, 3.8) is 0 Å². The third-order valence-electron chi connectivity index (χ3n) is 8.89. The molecule has 1 aliphatic carbocycles. The van der Waals surface area contributed by atoms with Gasteiger partial charge in [-0.2, -0.15) is 0 Å². The van der Waals surface area contributed by atoms with Crippen LogP contribution in [0.25, 0.3) is 0 Å². The minimum Gasteiger partial charge on any atom is -0.343 e. The number of carbonyl (C=O) groups excluding carboxylic acids is 3. The fourth-order valence-electron chi connectivity index (χ4n) is 6.17. The second-order valence-electron chi connectivity index (χ2n) is 11.1. The molecular weight excluding hydrogens is 460 g/mol. The SMILES string of the molecule is CC12CCC(C(=O)N(C(Cc3ccccc3)C(=O)NC(c3ccccc3)c3ccccc3)C1=O)C2(C)C. The molecule has 1 N–H and O–H groups in total. The van der Waals surface area contributed by atoms with E-state index >= 15 is 0 Å². The number of hydrogen-bond acceptors (Lipinski definition) is 3. The Kier molecular flexibility index (Phi) is 6.49. The van der Waals surface area contributed by atoms with Crippen LogP contribution in [0, 0.1) is 16.7 Å². The van der Waals surface area contributed by atoms with Crippen LogP contribution in [-0.2, 0) is 20.8 Å². The van der Waals surface area contributed by atoms with E-state index in [0.717, 1.165) is 16.7 Å². The van der Waals surface area contributed by atoms with Crippen LogP contribution in [0.1, 0.15) is 56.3 Å². The third-order valence-corrected chi connectivity index (χ3v) is 8.89. The molecule has 37 heavy (non-hydrogen) atoms. The predicted octanol–water partition coefficient (Wildman–Crippen LogP) is 5.31. The van der Waals surface area contributed by atoms with Crippen molar-refractivity contribution in [2.45, 2.75) is 52.1 Å². The Balaban J connectivity index is 1.54. The Morgan fingerprint density at radius 2 is 1.38 bits per heavy atom. The van der Waals surface area contributed by atoms with Gasteiger partial charge in [0.25, 0.3) is 0 Å².